The summed E-state index contributed by atoms with van der Waals surface area (Å²) in [6, 6.07) is 3.01. The molecule has 11 heteroatoms. The number of nitrogens with two attached hydrogens (primary N) is 1. The lowest BCUT2D eigenvalue weighted by molar-refractivity contribution is 0.391. The van der Waals surface area contributed by atoms with Crippen LogP contribution in [0.15, 0.2) is 23.1 Å². The third-order valence-corrected chi connectivity index (χ3v) is 6.89. The third-order valence-electron chi connectivity index (χ3n) is 4.01. The van der Waals surface area contributed by atoms with Gasteiger partial charge in [0.1, 0.15) is 5.82 Å². The number of rotatable bonds is 10. The Bertz CT molecular complexity index is 797. The number of anilines is 1. The van der Waals surface area contributed by atoms with Gasteiger partial charge in [0.15, 0.2) is 0 Å². The number of benzene rings is 1. The van der Waals surface area contributed by atoms with Crippen LogP contribution in [0, 0.1) is 5.82 Å². The van der Waals surface area contributed by atoms with Gasteiger partial charge >= 0.3 is 0 Å². The van der Waals surface area contributed by atoms with Crippen LogP contribution in [0.4, 0.5) is 10.1 Å². The standard InChI is InChI=1S/C15H26FN3O4S2.ClH/c1-4-9-24(20,21)19-14-8-7-12(10-13(14)16)25(22,23)18-11-15(17,5-2)6-3;/h7-8,10,18-19H,4-6,9,11,17H2,1-3H3;1H. The van der Waals surface area contributed by atoms with Crippen molar-refractivity contribution < 1.29 is 21.2 Å². The van der Waals surface area contributed by atoms with Gasteiger partial charge in [-0.3, -0.25) is 4.72 Å². The van der Waals surface area contributed by atoms with E-state index >= 15 is 0 Å². The molecule has 1 aromatic carbocycles. The molecule has 0 aliphatic carbocycles. The molecule has 152 valence electrons. The van der Waals surface area contributed by atoms with Crippen molar-refractivity contribution in [2.24, 2.45) is 5.73 Å². The average molecular weight is 432 g/mol. The molecular formula is C15H27ClFN3O4S2. The second kappa shape index (κ2) is 9.84. The predicted octanol–water partition coefficient (Wildman–Crippen LogP) is 2.20. The van der Waals surface area contributed by atoms with Crippen molar-refractivity contribution in [1.29, 1.82) is 0 Å². The highest BCUT2D eigenvalue weighted by atomic mass is 35.5. The van der Waals surface area contributed by atoms with Crippen molar-refractivity contribution in [2.45, 2.75) is 50.5 Å². The minimum atomic E-state index is -3.95. The summed E-state index contributed by atoms with van der Waals surface area (Å²) in [5, 5.41) is 0. The lowest BCUT2D eigenvalue weighted by Crippen LogP contribution is -2.49. The molecule has 0 fully saturated rings. The van der Waals surface area contributed by atoms with E-state index in [0.29, 0.717) is 19.3 Å². The van der Waals surface area contributed by atoms with E-state index in [-0.39, 0.29) is 35.3 Å². The zero-order chi connectivity index (χ0) is 19.3. The number of hydrogen-bond acceptors (Lipinski definition) is 5. The molecule has 0 saturated heterocycles. The normalized spacial score (nSPS) is 12.5. The minimum absolute atomic E-state index is 0. The smallest absolute Gasteiger partial charge is 0.240 e. The predicted molar refractivity (Wildman–Crippen MR) is 104 cm³/mol. The molecule has 0 saturated carbocycles. The summed E-state index contributed by atoms with van der Waals surface area (Å²) < 4.78 is 66.6. The fraction of sp³-hybridized carbons (Fsp3) is 0.600. The van der Waals surface area contributed by atoms with Crippen molar-refractivity contribution in [3.63, 3.8) is 0 Å². The quantitative estimate of drug-likeness (QED) is 0.524. The lowest BCUT2D eigenvalue weighted by Gasteiger charge is -2.26. The van der Waals surface area contributed by atoms with Crippen LogP contribution in [0.2, 0.25) is 0 Å². The third kappa shape index (κ3) is 6.99. The average Bonchev–Trinajstić information content (AvgIpc) is 2.54. The highest BCUT2D eigenvalue weighted by Gasteiger charge is 2.25. The van der Waals surface area contributed by atoms with Gasteiger partial charge in [-0.15, -0.1) is 12.4 Å². The summed E-state index contributed by atoms with van der Waals surface area (Å²) in [5.74, 6) is -1.12. The van der Waals surface area contributed by atoms with Gasteiger partial charge in [-0.05, 0) is 37.5 Å². The summed E-state index contributed by atoms with van der Waals surface area (Å²) in [4.78, 5) is -0.294. The van der Waals surface area contributed by atoms with E-state index in [9.17, 15) is 21.2 Å². The first-order valence-corrected chi connectivity index (χ1v) is 11.2. The molecule has 1 rings (SSSR count). The molecule has 4 N–H and O–H groups in total. The molecule has 26 heavy (non-hydrogen) atoms. The van der Waals surface area contributed by atoms with Gasteiger partial charge in [-0.1, -0.05) is 20.8 Å². The summed E-state index contributed by atoms with van der Waals surface area (Å²) in [5.41, 5.74) is 5.09. The van der Waals surface area contributed by atoms with E-state index in [2.05, 4.69) is 9.44 Å². The molecule has 0 heterocycles. The fourth-order valence-corrected chi connectivity index (χ4v) is 4.35. The van der Waals surface area contributed by atoms with Crippen LogP contribution in [-0.2, 0) is 20.0 Å². The maximum Gasteiger partial charge on any atom is 0.240 e. The number of sulfonamides is 2. The molecule has 0 amide bonds. The maximum absolute atomic E-state index is 14.1. The number of hydrogen-bond donors (Lipinski definition) is 3. The van der Waals surface area contributed by atoms with E-state index in [1.54, 1.807) is 6.92 Å². The SMILES string of the molecule is CCCS(=O)(=O)Nc1ccc(S(=O)(=O)NCC(N)(CC)CC)cc1F.Cl. The van der Waals surface area contributed by atoms with E-state index in [1.165, 1.54) is 0 Å². The molecule has 0 radical (unpaired) electrons. The zero-order valence-corrected chi connectivity index (χ0v) is 17.5. The summed E-state index contributed by atoms with van der Waals surface area (Å²) >= 11 is 0. The largest absolute Gasteiger partial charge is 0.324 e. The molecule has 0 unspecified atom stereocenters. The molecule has 7 nitrogen and oxygen atoms in total. The number of nitrogens with one attached hydrogen (secondary N) is 2. The van der Waals surface area contributed by atoms with Gasteiger partial charge in [0.2, 0.25) is 20.0 Å². The first-order valence-electron chi connectivity index (χ1n) is 8.07. The molecule has 0 spiro atoms. The van der Waals surface area contributed by atoms with Crippen molar-refractivity contribution >= 4 is 38.1 Å². The van der Waals surface area contributed by atoms with Crippen molar-refractivity contribution in [3.8, 4) is 0 Å². The van der Waals surface area contributed by atoms with Crippen molar-refractivity contribution in [2.75, 3.05) is 17.0 Å². The Balaban J connectivity index is 0.00000625. The summed E-state index contributed by atoms with van der Waals surface area (Å²) in [7, 11) is -7.62. The molecule has 0 aromatic heterocycles. The van der Waals surface area contributed by atoms with Gasteiger partial charge in [-0.2, -0.15) is 0 Å². The molecule has 0 bridgehead atoms. The van der Waals surface area contributed by atoms with Crippen LogP contribution < -0.4 is 15.2 Å². The Hall–Kier alpha value is -0.940. The van der Waals surface area contributed by atoms with Crippen LogP contribution in [0.25, 0.3) is 0 Å². The van der Waals surface area contributed by atoms with E-state index in [4.69, 9.17) is 5.73 Å². The molecule has 0 aliphatic heterocycles. The fourth-order valence-electron chi connectivity index (χ4n) is 2.06. The first-order chi connectivity index (χ1) is 11.5. The van der Waals surface area contributed by atoms with Crippen LogP contribution in [0.1, 0.15) is 40.0 Å². The van der Waals surface area contributed by atoms with Gasteiger partial charge in [-0.25, -0.2) is 25.9 Å². The monoisotopic (exact) mass is 431 g/mol. The maximum atomic E-state index is 14.1. The van der Waals surface area contributed by atoms with Gasteiger partial charge in [0.25, 0.3) is 0 Å². The van der Waals surface area contributed by atoms with Crippen LogP contribution in [0.5, 0.6) is 0 Å². The summed E-state index contributed by atoms with van der Waals surface area (Å²) in [6.45, 7) is 5.42. The van der Waals surface area contributed by atoms with Crippen LogP contribution in [-0.4, -0.2) is 34.7 Å². The van der Waals surface area contributed by atoms with E-state index < -0.39 is 31.4 Å². The van der Waals surface area contributed by atoms with Crippen LogP contribution in [0.3, 0.4) is 0 Å². The highest BCUT2D eigenvalue weighted by molar-refractivity contribution is 7.92. The van der Waals surface area contributed by atoms with Crippen molar-refractivity contribution in [1.82, 2.24) is 4.72 Å². The first kappa shape index (κ1) is 25.1. The Morgan fingerprint density at radius 1 is 1.12 bits per heavy atom. The molecule has 1 aromatic rings. The van der Waals surface area contributed by atoms with E-state index in [1.807, 2.05) is 13.8 Å². The Labute approximate surface area is 161 Å². The topological polar surface area (TPSA) is 118 Å². The molecule has 0 aliphatic rings. The highest BCUT2D eigenvalue weighted by Crippen LogP contribution is 2.21. The lowest BCUT2D eigenvalue weighted by atomic mass is 9.95. The second-order valence-electron chi connectivity index (χ2n) is 5.96. The summed E-state index contributed by atoms with van der Waals surface area (Å²) in [6.07, 6.45) is 1.54. The van der Waals surface area contributed by atoms with Crippen LogP contribution >= 0.6 is 12.4 Å². The van der Waals surface area contributed by atoms with Gasteiger partial charge < -0.3 is 5.73 Å². The Kier molecular flexibility index (Phi) is 9.48. The Morgan fingerprint density at radius 2 is 1.69 bits per heavy atom. The molecule has 0 atom stereocenters. The van der Waals surface area contributed by atoms with Crippen molar-refractivity contribution in [3.05, 3.63) is 24.0 Å². The van der Waals surface area contributed by atoms with E-state index in [0.717, 1.165) is 18.2 Å². The minimum Gasteiger partial charge on any atom is -0.324 e. The molecular weight excluding hydrogens is 405 g/mol. The van der Waals surface area contributed by atoms with Gasteiger partial charge in [0, 0.05) is 12.1 Å². The van der Waals surface area contributed by atoms with Gasteiger partial charge in [0.05, 0.1) is 16.3 Å². The Morgan fingerprint density at radius 3 is 2.15 bits per heavy atom. The second-order valence-corrected chi connectivity index (χ2v) is 9.57. The zero-order valence-electron chi connectivity index (χ0n) is 15.1. The number of halogens is 2.